The molecule has 0 radical (unpaired) electrons. The van der Waals surface area contributed by atoms with Crippen molar-refractivity contribution in [1.29, 1.82) is 0 Å². The molecular formula is C25H24N2O3S. The highest BCUT2D eigenvalue weighted by Gasteiger charge is 2.13. The molecule has 1 amide bonds. The van der Waals surface area contributed by atoms with Crippen LogP contribution in [0.1, 0.15) is 22.3 Å². The zero-order valence-electron chi connectivity index (χ0n) is 17.2. The molecule has 0 saturated carbocycles. The standard InChI is InChI=1S/C25H24N2O3S/c1-3-21-16-20(14-15-24(21)27-31(2,29)30)18-26-25(28)23(22-12-8-5-9-13-22)17-19-10-6-4-7-11-19/h3-17,27H,1,18H2,2H3,(H,26,28). The third-order valence-electron chi connectivity index (χ3n) is 4.52. The summed E-state index contributed by atoms with van der Waals surface area (Å²) in [6.07, 6.45) is 4.53. The molecule has 3 aromatic carbocycles. The first kappa shape index (κ1) is 22.1. The average Bonchev–Trinajstić information content (AvgIpc) is 2.77. The number of rotatable bonds is 8. The zero-order chi connectivity index (χ0) is 22.3. The molecule has 0 heterocycles. The van der Waals surface area contributed by atoms with Gasteiger partial charge in [0, 0.05) is 12.1 Å². The fourth-order valence-corrected chi connectivity index (χ4v) is 3.66. The highest BCUT2D eigenvalue weighted by molar-refractivity contribution is 7.92. The van der Waals surface area contributed by atoms with Gasteiger partial charge in [-0.05, 0) is 40.5 Å². The summed E-state index contributed by atoms with van der Waals surface area (Å²) in [7, 11) is -3.39. The summed E-state index contributed by atoms with van der Waals surface area (Å²) in [6.45, 7) is 4.03. The normalized spacial score (nSPS) is 11.6. The van der Waals surface area contributed by atoms with Crippen LogP contribution in [0.15, 0.2) is 85.4 Å². The third kappa shape index (κ3) is 6.42. The Hall–Kier alpha value is -3.64. The first-order valence-electron chi connectivity index (χ1n) is 9.69. The maximum absolute atomic E-state index is 13.0. The van der Waals surface area contributed by atoms with Crippen LogP contribution >= 0.6 is 0 Å². The number of benzene rings is 3. The molecule has 6 heteroatoms. The number of hydrogen-bond donors (Lipinski definition) is 2. The van der Waals surface area contributed by atoms with Gasteiger partial charge in [-0.2, -0.15) is 0 Å². The number of carbonyl (C=O) groups excluding carboxylic acids is 1. The van der Waals surface area contributed by atoms with E-state index in [0.29, 0.717) is 16.8 Å². The van der Waals surface area contributed by atoms with Gasteiger partial charge in [0.05, 0.1) is 11.9 Å². The summed E-state index contributed by atoms with van der Waals surface area (Å²) in [5.41, 5.74) is 4.23. The Bertz CT molecular complexity index is 1200. The number of hydrogen-bond acceptors (Lipinski definition) is 3. The molecule has 0 aliphatic carbocycles. The number of carbonyl (C=O) groups is 1. The molecule has 0 fully saturated rings. The van der Waals surface area contributed by atoms with Crippen molar-refractivity contribution in [2.75, 3.05) is 11.0 Å². The van der Waals surface area contributed by atoms with E-state index in [4.69, 9.17) is 0 Å². The Morgan fingerprint density at radius 1 is 0.968 bits per heavy atom. The average molecular weight is 433 g/mol. The number of anilines is 1. The van der Waals surface area contributed by atoms with Crippen LogP contribution < -0.4 is 10.0 Å². The molecule has 0 aromatic heterocycles. The molecule has 0 unspecified atom stereocenters. The van der Waals surface area contributed by atoms with Gasteiger partial charge in [-0.15, -0.1) is 0 Å². The van der Waals surface area contributed by atoms with Crippen molar-refractivity contribution < 1.29 is 13.2 Å². The van der Waals surface area contributed by atoms with E-state index in [9.17, 15) is 13.2 Å². The topological polar surface area (TPSA) is 75.3 Å². The van der Waals surface area contributed by atoms with Crippen molar-refractivity contribution in [1.82, 2.24) is 5.32 Å². The second-order valence-electron chi connectivity index (χ2n) is 7.02. The maximum atomic E-state index is 13.0. The highest BCUT2D eigenvalue weighted by Crippen LogP contribution is 2.21. The van der Waals surface area contributed by atoms with Crippen LogP contribution in [0.5, 0.6) is 0 Å². The molecule has 2 N–H and O–H groups in total. The summed E-state index contributed by atoms with van der Waals surface area (Å²) in [4.78, 5) is 13.0. The van der Waals surface area contributed by atoms with E-state index in [1.807, 2.05) is 66.7 Å². The van der Waals surface area contributed by atoms with Gasteiger partial charge >= 0.3 is 0 Å². The lowest BCUT2D eigenvalue weighted by molar-refractivity contribution is -0.115. The van der Waals surface area contributed by atoms with Crippen molar-refractivity contribution in [2.24, 2.45) is 0 Å². The van der Waals surface area contributed by atoms with Crippen molar-refractivity contribution >= 4 is 39.3 Å². The quantitative estimate of drug-likeness (QED) is 0.405. The van der Waals surface area contributed by atoms with Gasteiger partial charge in [0.15, 0.2) is 0 Å². The van der Waals surface area contributed by atoms with Crippen molar-refractivity contribution in [3.63, 3.8) is 0 Å². The minimum atomic E-state index is -3.39. The first-order chi connectivity index (χ1) is 14.9. The fourth-order valence-electron chi connectivity index (χ4n) is 3.07. The second-order valence-corrected chi connectivity index (χ2v) is 8.77. The van der Waals surface area contributed by atoms with E-state index in [1.165, 1.54) is 0 Å². The van der Waals surface area contributed by atoms with Gasteiger partial charge < -0.3 is 5.32 Å². The third-order valence-corrected chi connectivity index (χ3v) is 5.12. The van der Waals surface area contributed by atoms with Crippen LogP contribution in [0, 0.1) is 0 Å². The van der Waals surface area contributed by atoms with Crippen molar-refractivity contribution in [2.45, 2.75) is 6.54 Å². The molecule has 0 spiro atoms. The highest BCUT2D eigenvalue weighted by atomic mass is 32.2. The van der Waals surface area contributed by atoms with Gasteiger partial charge in [-0.1, -0.05) is 79.4 Å². The van der Waals surface area contributed by atoms with E-state index >= 15 is 0 Å². The lowest BCUT2D eigenvalue weighted by Crippen LogP contribution is -2.24. The first-order valence-corrected chi connectivity index (χ1v) is 11.6. The lowest BCUT2D eigenvalue weighted by Gasteiger charge is -2.12. The van der Waals surface area contributed by atoms with E-state index in [0.717, 1.165) is 22.9 Å². The Morgan fingerprint density at radius 3 is 2.23 bits per heavy atom. The van der Waals surface area contributed by atoms with E-state index < -0.39 is 10.0 Å². The van der Waals surface area contributed by atoms with Crippen LogP contribution in [0.2, 0.25) is 0 Å². The minimum Gasteiger partial charge on any atom is -0.348 e. The second kappa shape index (κ2) is 9.91. The van der Waals surface area contributed by atoms with Crippen molar-refractivity contribution in [3.05, 3.63) is 108 Å². The van der Waals surface area contributed by atoms with Gasteiger partial charge in [0.25, 0.3) is 5.91 Å². The Balaban J connectivity index is 1.81. The molecule has 0 saturated heterocycles. The molecule has 0 bridgehead atoms. The molecule has 0 aliphatic rings. The molecule has 0 aliphatic heterocycles. The molecule has 3 aromatic rings. The van der Waals surface area contributed by atoms with Crippen LogP contribution in [-0.4, -0.2) is 20.6 Å². The van der Waals surface area contributed by atoms with Crippen LogP contribution in [-0.2, 0) is 21.4 Å². The Labute approximate surface area is 183 Å². The zero-order valence-corrected chi connectivity index (χ0v) is 18.0. The molecule has 31 heavy (non-hydrogen) atoms. The summed E-state index contributed by atoms with van der Waals surface area (Å²) in [5, 5.41) is 2.96. The van der Waals surface area contributed by atoms with Crippen LogP contribution in [0.4, 0.5) is 5.69 Å². The van der Waals surface area contributed by atoms with Gasteiger partial charge in [0.2, 0.25) is 10.0 Å². The number of amides is 1. The summed E-state index contributed by atoms with van der Waals surface area (Å²) in [6, 6.07) is 24.4. The van der Waals surface area contributed by atoms with E-state index in [-0.39, 0.29) is 12.5 Å². The summed E-state index contributed by atoms with van der Waals surface area (Å²) < 4.78 is 25.5. The minimum absolute atomic E-state index is 0.200. The van der Waals surface area contributed by atoms with Crippen LogP contribution in [0.3, 0.4) is 0 Å². The Kier molecular flexibility index (Phi) is 7.05. The predicted octanol–water partition coefficient (Wildman–Crippen LogP) is 4.56. The van der Waals surface area contributed by atoms with E-state index in [1.54, 1.807) is 24.3 Å². The number of sulfonamides is 1. The monoisotopic (exact) mass is 432 g/mol. The fraction of sp³-hybridized carbons (Fsp3) is 0.0800. The van der Waals surface area contributed by atoms with Crippen molar-refractivity contribution in [3.8, 4) is 0 Å². The lowest BCUT2D eigenvalue weighted by atomic mass is 10.0. The smallest absolute Gasteiger partial charge is 0.252 e. The van der Waals surface area contributed by atoms with Gasteiger partial charge in [0.1, 0.15) is 0 Å². The Morgan fingerprint density at radius 2 is 1.61 bits per heavy atom. The number of nitrogens with one attached hydrogen (secondary N) is 2. The van der Waals surface area contributed by atoms with Gasteiger partial charge in [-0.25, -0.2) is 8.42 Å². The molecular weight excluding hydrogens is 408 g/mol. The molecule has 0 atom stereocenters. The predicted molar refractivity (Wildman–Crippen MR) is 128 cm³/mol. The maximum Gasteiger partial charge on any atom is 0.252 e. The molecule has 5 nitrogen and oxygen atoms in total. The van der Waals surface area contributed by atoms with Gasteiger partial charge in [-0.3, -0.25) is 9.52 Å². The SMILES string of the molecule is C=Cc1cc(CNC(=O)C(=Cc2ccccc2)c2ccccc2)ccc1NS(C)(=O)=O. The van der Waals surface area contributed by atoms with E-state index in [2.05, 4.69) is 16.6 Å². The van der Waals surface area contributed by atoms with Crippen LogP contribution in [0.25, 0.3) is 17.7 Å². The molecule has 3 rings (SSSR count). The summed E-state index contributed by atoms with van der Waals surface area (Å²) in [5.74, 6) is -0.200. The largest absolute Gasteiger partial charge is 0.348 e. The summed E-state index contributed by atoms with van der Waals surface area (Å²) >= 11 is 0. The molecule has 158 valence electrons.